The van der Waals surface area contributed by atoms with Gasteiger partial charge in [-0.2, -0.15) is 0 Å². The topological polar surface area (TPSA) is 0 Å². The summed E-state index contributed by atoms with van der Waals surface area (Å²) in [6.45, 7) is 1.97. The summed E-state index contributed by atoms with van der Waals surface area (Å²) < 4.78 is 15.8. The summed E-state index contributed by atoms with van der Waals surface area (Å²) in [5.74, 6) is -0.479. The first-order valence-electron chi connectivity index (χ1n) is 5.45. The van der Waals surface area contributed by atoms with Gasteiger partial charge in [-0.15, -0.1) is 11.6 Å². The third kappa shape index (κ3) is 3.15. The van der Waals surface area contributed by atoms with Crippen LogP contribution in [0.1, 0.15) is 22.1 Å². The quantitative estimate of drug-likeness (QED) is 0.472. The zero-order valence-corrected chi connectivity index (χ0v) is 14.5. The third-order valence-electron chi connectivity index (χ3n) is 2.81. The molecule has 0 nitrogen and oxygen atoms in total. The van der Waals surface area contributed by atoms with Gasteiger partial charge in [0.2, 0.25) is 0 Å². The highest BCUT2D eigenvalue weighted by molar-refractivity contribution is 9.11. The predicted molar refractivity (Wildman–Crippen MR) is 85.7 cm³/mol. The standard InChI is InChI=1S/C14H9Br2Cl2F/c1-7-5-11(16)9(6-10(7)15)13(18)8-3-2-4-12(17)14(8)19/h2-6,13H,1H3. The maximum Gasteiger partial charge on any atom is 0.146 e. The second-order valence-corrected chi connectivity index (χ2v) is 6.68. The Morgan fingerprint density at radius 1 is 1.11 bits per heavy atom. The van der Waals surface area contributed by atoms with Gasteiger partial charge >= 0.3 is 0 Å². The molecule has 2 aromatic carbocycles. The van der Waals surface area contributed by atoms with Gasteiger partial charge in [0.25, 0.3) is 0 Å². The van der Waals surface area contributed by atoms with Gasteiger partial charge in [-0.25, -0.2) is 4.39 Å². The van der Waals surface area contributed by atoms with Crippen molar-refractivity contribution in [1.82, 2.24) is 0 Å². The van der Waals surface area contributed by atoms with Crippen LogP contribution in [-0.4, -0.2) is 0 Å². The average Bonchev–Trinajstić information content (AvgIpc) is 2.36. The molecule has 2 rings (SSSR count). The molecule has 5 heteroatoms. The Balaban J connectivity index is 2.53. The van der Waals surface area contributed by atoms with Crippen molar-refractivity contribution in [1.29, 1.82) is 0 Å². The first-order chi connectivity index (χ1) is 8.91. The van der Waals surface area contributed by atoms with Crippen molar-refractivity contribution in [3.05, 3.63) is 66.8 Å². The molecule has 0 fully saturated rings. The highest BCUT2D eigenvalue weighted by Gasteiger charge is 2.20. The molecule has 0 amide bonds. The molecule has 1 atom stereocenters. The van der Waals surface area contributed by atoms with Crippen molar-refractivity contribution >= 4 is 55.1 Å². The van der Waals surface area contributed by atoms with Crippen LogP contribution in [0.4, 0.5) is 4.39 Å². The van der Waals surface area contributed by atoms with E-state index in [1.807, 2.05) is 19.1 Å². The SMILES string of the molecule is Cc1cc(Br)c(C(Cl)c2cccc(Cl)c2F)cc1Br. The average molecular weight is 427 g/mol. The van der Waals surface area contributed by atoms with Gasteiger partial charge in [-0.1, -0.05) is 55.6 Å². The van der Waals surface area contributed by atoms with Crippen LogP contribution in [0.2, 0.25) is 5.02 Å². The van der Waals surface area contributed by atoms with Crippen LogP contribution in [-0.2, 0) is 0 Å². The van der Waals surface area contributed by atoms with E-state index in [9.17, 15) is 4.39 Å². The monoisotopic (exact) mass is 424 g/mol. The maximum absolute atomic E-state index is 14.0. The summed E-state index contributed by atoms with van der Waals surface area (Å²) in [7, 11) is 0. The summed E-state index contributed by atoms with van der Waals surface area (Å²) >= 11 is 19.1. The van der Waals surface area contributed by atoms with Crippen LogP contribution < -0.4 is 0 Å². The normalized spacial score (nSPS) is 12.5. The van der Waals surface area contributed by atoms with Crippen molar-refractivity contribution in [2.24, 2.45) is 0 Å². The summed E-state index contributed by atoms with van der Waals surface area (Å²) in [6.07, 6.45) is 0. The fraction of sp³-hybridized carbons (Fsp3) is 0.143. The van der Waals surface area contributed by atoms with E-state index in [0.29, 0.717) is 5.56 Å². The highest BCUT2D eigenvalue weighted by Crippen LogP contribution is 2.38. The molecule has 0 N–H and O–H groups in total. The number of hydrogen-bond acceptors (Lipinski definition) is 0. The third-order valence-corrected chi connectivity index (χ3v) is 5.11. The number of hydrogen-bond donors (Lipinski definition) is 0. The summed E-state index contributed by atoms with van der Waals surface area (Å²) in [5, 5.41) is -0.532. The molecule has 0 radical (unpaired) electrons. The van der Waals surface area contributed by atoms with Crippen molar-refractivity contribution < 1.29 is 4.39 Å². The molecule has 2 aromatic rings. The lowest BCUT2D eigenvalue weighted by Gasteiger charge is -2.15. The lowest BCUT2D eigenvalue weighted by molar-refractivity contribution is 0.612. The second-order valence-electron chi connectivity index (χ2n) is 4.13. The van der Waals surface area contributed by atoms with Gasteiger partial charge in [-0.05, 0) is 36.2 Å². The fourth-order valence-electron chi connectivity index (χ4n) is 1.74. The van der Waals surface area contributed by atoms with E-state index in [0.717, 1.165) is 20.1 Å². The van der Waals surface area contributed by atoms with Gasteiger partial charge in [0.15, 0.2) is 0 Å². The Morgan fingerprint density at radius 2 is 1.79 bits per heavy atom. The Labute approximate surface area is 138 Å². The second kappa shape index (κ2) is 6.13. The molecule has 0 bridgehead atoms. The molecule has 1 unspecified atom stereocenters. The van der Waals surface area contributed by atoms with Crippen molar-refractivity contribution in [3.63, 3.8) is 0 Å². The largest absolute Gasteiger partial charge is 0.205 e. The molecular formula is C14H9Br2Cl2F. The van der Waals surface area contributed by atoms with Gasteiger partial charge in [0.1, 0.15) is 5.82 Å². The fourth-order valence-corrected chi connectivity index (χ4v) is 3.45. The molecule has 0 aliphatic rings. The van der Waals surface area contributed by atoms with Gasteiger partial charge in [0.05, 0.1) is 10.4 Å². The molecule has 100 valence electrons. The minimum atomic E-state index is -0.607. The lowest BCUT2D eigenvalue weighted by Crippen LogP contribution is -1.99. The minimum Gasteiger partial charge on any atom is -0.205 e. The van der Waals surface area contributed by atoms with E-state index < -0.39 is 11.2 Å². The molecule has 0 heterocycles. The summed E-state index contributed by atoms with van der Waals surface area (Å²) in [6, 6.07) is 8.66. The van der Waals surface area contributed by atoms with E-state index in [4.69, 9.17) is 23.2 Å². The molecule has 19 heavy (non-hydrogen) atoms. The molecule has 0 aromatic heterocycles. The van der Waals surface area contributed by atoms with Crippen molar-refractivity contribution in [3.8, 4) is 0 Å². The number of aryl methyl sites for hydroxylation is 1. The van der Waals surface area contributed by atoms with E-state index in [2.05, 4.69) is 31.9 Å². The minimum absolute atomic E-state index is 0.0745. The molecule has 0 saturated heterocycles. The van der Waals surface area contributed by atoms with Gasteiger partial charge < -0.3 is 0 Å². The highest BCUT2D eigenvalue weighted by atomic mass is 79.9. The van der Waals surface area contributed by atoms with E-state index >= 15 is 0 Å². The number of rotatable bonds is 2. The molecule has 0 saturated carbocycles. The van der Waals surface area contributed by atoms with E-state index in [1.54, 1.807) is 12.1 Å². The zero-order valence-electron chi connectivity index (χ0n) is 9.85. The molecule has 0 spiro atoms. The Morgan fingerprint density at radius 3 is 2.47 bits per heavy atom. The van der Waals surface area contributed by atoms with Crippen molar-refractivity contribution in [2.75, 3.05) is 0 Å². The molecule has 0 aliphatic carbocycles. The predicted octanol–water partition coefficient (Wildman–Crippen LogP) is 6.64. The van der Waals surface area contributed by atoms with Crippen LogP contribution in [0.25, 0.3) is 0 Å². The Bertz CT molecular complexity index is 629. The van der Waals surface area contributed by atoms with Crippen LogP contribution in [0.3, 0.4) is 0 Å². The van der Waals surface area contributed by atoms with Crippen LogP contribution in [0.5, 0.6) is 0 Å². The maximum atomic E-state index is 14.0. The van der Waals surface area contributed by atoms with Crippen LogP contribution in [0, 0.1) is 12.7 Å². The first-order valence-corrected chi connectivity index (χ1v) is 7.85. The first kappa shape index (κ1) is 15.3. The summed E-state index contributed by atoms with van der Waals surface area (Å²) in [4.78, 5) is 0. The van der Waals surface area contributed by atoms with E-state index in [-0.39, 0.29) is 5.02 Å². The zero-order chi connectivity index (χ0) is 14.2. The van der Waals surface area contributed by atoms with Crippen molar-refractivity contribution in [2.45, 2.75) is 12.3 Å². The number of alkyl halides is 1. The Hall–Kier alpha value is -0.0900. The number of halogens is 5. The molecule has 0 aliphatic heterocycles. The van der Waals surface area contributed by atoms with Crippen LogP contribution >= 0.6 is 55.1 Å². The van der Waals surface area contributed by atoms with Gasteiger partial charge in [-0.3, -0.25) is 0 Å². The summed E-state index contributed by atoms with van der Waals surface area (Å²) in [5.41, 5.74) is 2.23. The van der Waals surface area contributed by atoms with Crippen LogP contribution in [0.15, 0.2) is 39.3 Å². The smallest absolute Gasteiger partial charge is 0.146 e. The Kier molecular flexibility index (Phi) is 4.93. The van der Waals surface area contributed by atoms with E-state index in [1.165, 1.54) is 6.07 Å². The lowest BCUT2D eigenvalue weighted by atomic mass is 10.0. The van der Waals surface area contributed by atoms with Gasteiger partial charge in [0, 0.05) is 14.5 Å². The number of benzene rings is 2. The molecular weight excluding hydrogens is 418 g/mol.